The molecule has 0 heterocycles. The smallest absolute Gasteiger partial charge is 0.343 e. The molecule has 0 fully saturated rings. The molecule has 0 aliphatic carbocycles. The van der Waals surface area contributed by atoms with Crippen LogP contribution in [-0.2, 0) is 4.79 Å². The van der Waals surface area contributed by atoms with Crippen LogP contribution >= 0.6 is 31.9 Å². The van der Waals surface area contributed by atoms with Gasteiger partial charge < -0.3 is 9.47 Å². The van der Waals surface area contributed by atoms with E-state index in [1.807, 2.05) is 38.1 Å². The highest BCUT2D eigenvalue weighted by Gasteiger charge is 2.15. The number of esters is 1. The van der Waals surface area contributed by atoms with Crippen molar-refractivity contribution in [2.24, 2.45) is 5.10 Å². The Morgan fingerprint density at radius 1 is 0.969 bits per heavy atom. The van der Waals surface area contributed by atoms with Gasteiger partial charge in [-0.15, -0.1) is 0 Å². The summed E-state index contributed by atoms with van der Waals surface area (Å²) >= 11 is 6.81. The summed E-state index contributed by atoms with van der Waals surface area (Å²) < 4.78 is 12.5. The second-order valence-corrected chi connectivity index (χ2v) is 8.63. The summed E-state index contributed by atoms with van der Waals surface area (Å²) in [5.74, 6) is 0.0413. The largest absolute Gasteiger partial charge is 0.483 e. The van der Waals surface area contributed by atoms with Crippen molar-refractivity contribution in [1.29, 1.82) is 0 Å². The van der Waals surface area contributed by atoms with Crippen LogP contribution in [-0.4, -0.2) is 24.7 Å². The Morgan fingerprint density at radius 3 is 2.34 bits per heavy atom. The first-order valence-corrected chi connectivity index (χ1v) is 11.2. The zero-order valence-corrected chi connectivity index (χ0v) is 20.6. The predicted octanol–water partition coefficient (Wildman–Crippen LogP) is 5.58. The van der Waals surface area contributed by atoms with Gasteiger partial charge in [-0.1, -0.05) is 52.3 Å². The van der Waals surface area contributed by atoms with E-state index in [2.05, 4.69) is 42.4 Å². The summed E-state index contributed by atoms with van der Waals surface area (Å²) in [6, 6.07) is 17.9. The molecule has 0 radical (unpaired) electrons. The van der Waals surface area contributed by atoms with Crippen molar-refractivity contribution in [3.63, 3.8) is 0 Å². The highest BCUT2D eigenvalue weighted by atomic mass is 79.9. The van der Waals surface area contributed by atoms with Gasteiger partial charge in [0.25, 0.3) is 5.91 Å². The van der Waals surface area contributed by atoms with E-state index in [9.17, 15) is 9.59 Å². The fourth-order valence-electron chi connectivity index (χ4n) is 2.88. The number of carbonyl (C=O) groups excluding carboxylic acids is 2. The van der Waals surface area contributed by atoms with Crippen molar-refractivity contribution in [3.8, 4) is 11.5 Å². The van der Waals surface area contributed by atoms with E-state index in [1.54, 1.807) is 36.4 Å². The van der Waals surface area contributed by atoms with E-state index >= 15 is 0 Å². The number of nitrogens with one attached hydrogen (secondary N) is 1. The van der Waals surface area contributed by atoms with Crippen LogP contribution in [0.3, 0.4) is 0 Å². The molecule has 6 nitrogen and oxygen atoms in total. The second-order valence-electron chi connectivity index (χ2n) is 6.86. The number of nitrogens with zero attached hydrogens (tertiary/aromatic N) is 1. The van der Waals surface area contributed by atoms with E-state index < -0.39 is 11.9 Å². The van der Waals surface area contributed by atoms with Crippen LogP contribution in [0.1, 0.15) is 27.0 Å². The lowest BCUT2D eigenvalue weighted by Gasteiger charge is -2.11. The van der Waals surface area contributed by atoms with Gasteiger partial charge in [0, 0.05) is 10.0 Å². The van der Waals surface area contributed by atoms with E-state index in [4.69, 9.17) is 9.47 Å². The Kier molecular flexibility index (Phi) is 8.19. The number of hydrogen-bond acceptors (Lipinski definition) is 5. The number of hydrazone groups is 1. The maximum absolute atomic E-state index is 12.5. The zero-order chi connectivity index (χ0) is 23.1. The third-order valence-corrected chi connectivity index (χ3v) is 5.44. The summed E-state index contributed by atoms with van der Waals surface area (Å²) in [4.78, 5) is 24.6. The van der Waals surface area contributed by atoms with Gasteiger partial charge in [0.05, 0.1) is 16.3 Å². The van der Waals surface area contributed by atoms with E-state index in [0.717, 1.165) is 15.6 Å². The molecule has 0 atom stereocenters. The molecule has 1 N–H and O–H groups in total. The lowest BCUT2D eigenvalue weighted by molar-refractivity contribution is -0.123. The molecule has 0 saturated heterocycles. The second kappa shape index (κ2) is 11.1. The standard InChI is InChI=1S/C24H20Br2N2O4/c1-15-7-6-8-16(2)22(15)31-14-21(29)28-27-13-18-11-19(25)12-20(26)23(18)32-24(30)17-9-4-3-5-10-17/h3-13H,14H2,1-2H3,(H,28,29)/b27-13+. The first-order chi connectivity index (χ1) is 15.3. The molecule has 0 unspecified atom stereocenters. The van der Waals surface area contributed by atoms with Crippen LogP contribution in [0.4, 0.5) is 0 Å². The van der Waals surface area contributed by atoms with Gasteiger partial charge in [0.2, 0.25) is 0 Å². The van der Waals surface area contributed by atoms with Crippen molar-refractivity contribution in [3.05, 3.63) is 91.9 Å². The number of rotatable bonds is 7. The topological polar surface area (TPSA) is 77.0 Å². The Bertz CT molecular complexity index is 1140. The van der Waals surface area contributed by atoms with Gasteiger partial charge in [-0.25, -0.2) is 10.2 Å². The van der Waals surface area contributed by atoms with E-state index in [0.29, 0.717) is 21.3 Å². The molecule has 3 rings (SSSR count). The molecule has 0 aromatic heterocycles. The number of amides is 1. The lowest BCUT2D eigenvalue weighted by Crippen LogP contribution is -2.25. The average molecular weight is 560 g/mol. The van der Waals surface area contributed by atoms with Gasteiger partial charge in [-0.05, 0) is 65.2 Å². The molecule has 1 amide bonds. The molecule has 32 heavy (non-hydrogen) atoms. The van der Waals surface area contributed by atoms with Crippen molar-refractivity contribution in [2.45, 2.75) is 13.8 Å². The maximum Gasteiger partial charge on any atom is 0.343 e. The summed E-state index contributed by atoms with van der Waals surface area (Å²) in [7, 11) is 0. The van der Waals surface area contributed by atoms with Gasteiger partial charge in [0.15, 0.2) is 12.4 Å². The van der Waals surface area contributed by atoms with Crippen LogP contribution in [0, 0.1) is 13.8 Å². The van der Waals surface area contributed by atoms with Crippen LogP contribution in [0.5, 0.6) is 11.5 Å². The molecule has 0 spiro atoms. The minimum Gasteiger partial charge on any atom is -0.483 e. The Morgan fingerprint density at radius 2 is 1.66 bits per heavy atom. The number of ether oxygens (including phenoxy) is 2. The third kappa shape index (κ3) is 6.27. The van der Waals surface area contributed by atoms with Crippen LogP contribution in [0.25, 0.3) is 0 Å². The maximum atomic E-state index is 12.5. The summed E-state index contributed by atoms with van der Waals surface area (Å²) in [5.41, 5.74) is 5.24. The first-order valence-electron chi connectivity index (χ1n) is 9.62. The first kappa shape index (κ1) is 23.7. The number of halogens is 2. The van der Waals surface area contributed by atoms with Crippen molar-refractivity contribution in [1.82, 2.24) is 5.43 Å². The fraction of sp³-hybridized carbons (Fsp3) is 0.125. The third-order valence-electron chi connectivity index (χ3n) is 4.39. The molecular weight excluding hydrogens is 540 g/mol. The fourth-order valence-corrected chi connectivity index (χ4v) is 4.22. The molecule has 0 aliphatic rings. The van der Waals surface area contributed by atoms with E-state index in [1.165, 1.54) is 6.21 Å². The van der Waals surface area contributed by atoms with Crippen molar-refractivity contribution in [2.75, 3.05) is 6.61 Å². The number of para-hydroxylation sites is 1. The molecular formula is C24H20Br2N2O4. The zero-order valence-electron chi connectivity index (χ0n) is 17.4. The number of carbonyl (C=O) groups is 2. The highest BCUT2D eigenvalue weighted by Crippen LogP contribution is 2.32. The lowest BCUT2D eigenvalue weighted by atomic mass is 10.1. The summed E-state index contributed by atoms with van der Waals surface area (Å²) in [5, 5.41) is 3.98. The Hall–Kier alpha value is -2.97. The molecule has 164 valence electrons. The summed E-state index contributed by atoms with van der Waals surface area (Å²) in [6.07, 6.45) is 1.40. The molecule has 8 heteroatoms. The number of aryl methyl sites for hydroxylation is 2. The van der Waals surface area contributed by atoms with Gasteiger partial charge in [0.1, 0.15) is 5.75 Å². The molecule has 0 bridgehead atoms. The average Bonchev–Trinajstić information content (AvgIpc) is 2.76. The van der Waals surface area contributed by atoms with Crippen LogP contribution in [0.15, 0.2) is 74.7 Å². The van der Waals surface area contributed by atoms with Gasteiger partial charge >= 0.3 is 5.97 Å². The Labute approximate surface area is 202 Å². The predicted molar refractivity (Wildman–Crippen MR) is 130 cm³/mol. The molecule has 3 aromatic rings. The quantitative estimate of drug-likeness (QED) is 0.177. The van der Waals surface area contributed by atoms with Gasteiger partial charge in [-0.2, -0.15) is 5.10 Å². The van der Waals surface area contributed by atoms with Crippen molar-refractivity contribution < 1.29 is 19.1 Å². The molecule has 0 aliphatic heterocycles. The normalized spacial score (nSPS) is 10.8. The highest BCUT2D eigenvalue weighted by molar-refractivity contribution is 9.11. The molecule has 3 aromatic carbocycles. The van der Waals surface area contributed by atoms with Gasteiger partial charge in [-0.3, -0.25) is 4.79 Å². The van der Waals surface area contributed by atoms with E-state index in [-0.39, 0.29) is 12.4 Å². The summed E-state index contributed by atoms with van der Waals surface area (Å²) in [6.45, 7) is 3.66. The minimum absolute atomic E-state index is 0.180. The number of hydrogen-bond donors (Lipinski definition) is 1. The van der Waals surface area contributed by atoms with Crippen molar-refractivity contribution >= 4 is 50.0 Å². The SMILES string of the molecule is Cc1cccc(C)c1OCC(=O)N/N=C/c1cc(Br)cc(Br)c1OC(=O)c1ccccc1. The minimum atomic E-state index is -0.505. The number of benzene rings is 3. The molecule has 0 saturated carbocycles. The Balaban J connectivity index is 1.68. The monoisotopic (exact) mass is 558 g/mol. The van der Waals surface area contributed by atoms with Crippen LogP contribution in [0.2, 0.25) is 0 Å². The van der Waals surface area contributed by atoms with Crippen LogP contribution < -0.4 is 14.9 Å².